The molecule has 6 heteroatoms. The monoisotopic (exact) mass is 360 g/mol. The molecule has 0 bridgehead atoms. The van der Waals surface area contributed by atoms with Gasteiger partial charge in [0.05, 0.1) is 31.0 Å². The smallest absolute Gasteiger partial charge is 0.340 e. The molecule has 0 radical (unpaired) electrons. The summed E-state index contributed by atoms with van der Waals surface area (Å²) in [5, 5.41) is 0. The lowest BCUT2D eigenvalue weighted by molar-refractivity contribution is 0.0525. The number of aryl methyl sites for hydroxylation is 2. The molecule has 26 heavy (non-hydrogen) atoms. The van der Waals surface area contributed by atoms with Crippen LogP contribution in [0.4, 0.5) is 0 Å². The molecular formula is C20H28N2O4. The summed E-state index contributed by atoms with van der Waals surface area (Å²) in [4.78, 5) is 30.1. The second-order valence-electron chi connectivity index (χ2n) is 6.78. The minimum absolute atomic E-state index is 0.0573. The first kappa shape index (κ1) is 20.0. The van der Waals surface area contributed by atoms with Crippen molar-refractivity contribution in [3.8, 4) is 0 Å². The highest BCUT2D eigenvalue weighted by molar-refractivity contribution is 6.02. The third-order valence-electron chi connectivity index (χ3n) is 4.43. The summed E-state index contributed by atoms with van der Waals surface area (Å²) in [5.74, 6) is 1.23. The number of carbonyl (C=O) groups is 2. The summed E-state index contributed by atoms with van der Waals surface area (Å²) >= 11 is 0. The van der Waals surface area contributed by atoms with Crippen molar-refractivity contribution in [3.05, 3.63) is 46.2 Å². The van der Waals surface area contributed by atoms with Crippen molar-refractivity contribution in [2.24, 2.45) is 0 Å². The number of hydrogen-bond acceptors (Lipinski definition) is 5. The maximum absolute atomic E-state index is 12.9. The van der Waals surface area contributed by atoms with Crippen molar-refractivity contribution < 1.29 is 18.7 Å². The number of aromatic nitrogens is 1. The predicted octanol–water partition coefficient (Wildman–Crippen LogP) is 3.80. The number of hydrogen-bond donors (Lipinski definition) is 1. The van der Waals surface area contributed by atoms with E-state index in [2.05, 4.69) is 4.98 Å². The highest BCUT2D eigenvalue weighted by Gasteiger charge is 2.25. The van der Waals surface area contributed by atoms with Gasteiger partial charge in [0, 0.05) is 11.7 Å². The molecule has 0 aliphatic carbocycles. The van der Waals surface area contributed by atoms with Crippen molar-refractivity contribution in [1.29, 1.82) is 0 Å². The summed E-state index contributed by atoms with van der Waals surface area (Å²) in [7, 11) is 0. The number of furan rings is 1. The summed E-state index contributed by atoms with van der Waals surface area (Å²) in [6, 6.07) is 4.02. The molecule has 0 saturated carbocycles. The average molecular weight is 360 g/mol. The topological polar surface area (TPSA) is 75.5 Å². The highest BCUT2D eigenvalue weighted by Crippen LogP contribution is 2.21. The highest BCUT2D eigenvalue weighted by atomic mass is 16.5. The molecule has 0 fully saturated rings. The Morgan fingerprint density at radius 2 is 1.92 bits per heavy atom. The molecule has 2 aromatic heterocycles. The van der Waals surface area contributed by atoms with Crippen LogP contribution in [0.1, 0.15) is 64.4 Å². The van der Waals surface area contributed by atoms with E-state index in [9.17, 15) is 9.59 Å². The molecule has 0 aliphatic rings. The van der Waals surface area contributed by atoms with Crippen LogP contribution in [-0.4, -0.2) is 40.8 Å². The number of nitrogens with zero attached hydrogens (tertiary/aromatic N) is 1. The second kappa shape index (κ2) is 8.36. The number of carbonyl (C=O) groups excluding carboxylic acids is 2. The van der Waals surface area contributed by atoms with Gasteiger partial charge in [0.2, 0.25) is 0 Å². The normalized spacial score (nSPS) is 11.4. The van der Waals surface area contributed by atoms with Gasteiger partial charge < -0.3 is 14.1 Å². The van der Waals surface area contributed by atoms with Crippen molar-refractivity contribution in [2.45, 2.75) is 54.1 Å². The van der Waals surface area contributed by atoms with E-state index in [-0.39, 0.29) is 18.4 Å². The Morgan fingerprint density at radius 3 is 2.46 bits per heavy atom. The first-order valence-corrected chi connectivity index (χ1v) is 8.93. The number of H-pyrrole nitrogens is 1. The molecule has 6 nitrogen and oxygen atoms in total. The number of ether oxygens (including phenoxy) is 1. The Labute approximate surface area is 154 Å². The number of nitrogens with one attached hydrogen (secondary N) is 1. The van der Waals surface area contributed by atoms with Crippen LogP contribution in [0.3, 0.4) is 0 Å². The summed E-state index contributed by atoms with van der Waals surface area (Å²) < 4.78 is 10.7. The largest absolute Gasteiger partial charge is 0.465 e. The Morgan fingerprint density at radius 1 is 1.23 bits per heavy atom. The Hall–Kier alpha value is -2.34. The number of aromatic amines is 1. The van der Waals surface area contributed by atoms with Gasteiger partial charge in [-0.25, -0.2) is 4.79 Å². The van der Waals surface area contributed by atoms with Crippen molar-refractivity contribution in [1.82, 2.24) is 9.88 Å². The minimum Gasteiger partial charge on any atom is -0.465 e. The number of Topliss-reactive ketones (excluding diaryl/α,β-unsaturated/α-hetero) is 1. The summed E-state index contributed by atoms with van der Waals surface area (Å²) in [6.07, 6.45) is 0. The van der Waals surface area contributed by atoms with Crippen LogP contribution in [0, 0.1) is 20.8 Å². The van der Waals surface area contributed by atoms with Crippen LogP contribution in [-0.2, 0) is 11.3 Å². The first-order valence-electron chi connectivity index (χ1n) is 8.93. The van der Waals surface area contributed by atoms with Crippen molar-refractivity contribution in [3.63, 3.8) is 0 Å². The fraction of sp³-hybridized carbons (Fsp3) is 0.500. The van der Waals surface area contributed by atoms with E-state index in [4.69, 9.17) is 9.15 Å². The van der Waals surface area contributed by atoms with E-state index >= 15 is 0 Å². The van der Waals surface area contributed by atoms with Gasteiger partial charge in [-0.2, -0.15) is 0 Å². The maximum atomic E-state index is 12.9. The zero-order chi connectivity index (χ0) is 19.4. The zero-order valence-corrected chi connectivity index (χ0v) is 16.4. The molecule has 0 aromatic carbocycles. The van der Waals surface area contributed by atoms with E-state index < -0.39 is 5.97 Å². The lowest BCUT2D eigenvalue weighted by atomic mass is 10.1. The summed E-state index contributed by atoms with van der Waals surface area (Å²) in [5.41, 5.74) is 2.21. The van der Waals surface area contributed by atoms with E-state index in [1.165, 1.54) is 0 Å². The van der Waals surface area contributed by atoms with Crippen LogP contribution in [0.2, 0.25) is 0 Å². The molecule has 0 unspecified atom stereocenters. The molecular weight excluding hydrogens is 332 g/mol. The van der Waals surface area contributed by atoms with Crippen molar-refractivity contribution >= 4 is 11.8 Å². The Kier molecular flexibility index (Phi) is 6.42. The van der Waals surface area contributed by atoms with Crippen LogP contribution in [0.15, 0.2) is 16.5 Å². The standard InChI is InChI=1S/C20H28N2O4/c1-7-25-20(24)18-14(5)19(21-15(18)6)17(23)11-22(12(2)3)10-16-9-8-13(4)26-16/h8-9,12,21H,7,10-11H2,1-6H3. The van der Waals surface area contributed by atoms with Gasteiger partial charge in [0.1, 0.15) is 11.5 Å². The van der Waals surface area contributed by atoms with Gasteiger partial charge >= 0.3 is 5.97 Å². The lowest BCUT2D eigenvalue weighted by Gasteiger charge is -2.24. The zero-order valence-electron chi connectivity index (χ0n) is 16.4. The molecule has 2 heterocycles. The number of rotatable bonds is 8. The lowest BCUT2D eigenvalue weighted by Crippen LogP contribution is -2.35. The maximum Gasteiger partial charge on any atom is 0.340 e. The average Bonchev–Trinajstić information content (AvgIpc) is 3.09. The van der Waals surface area contributed by atoms with Crippen LogP contribution >= 0.6 is 0 Å². The molecule has 0 saturated heterocycles. The van der Waals surface area contributed by atoms with Gasteiger partial charge in [0.25, 0.3) is 0 Å². The SMILES string of the molecule is CCOC(=O)c1c(C)[nH]c(C(=O)CN(Cc2ccc(C)o2)C(C)C)c1C. The van der Waals surface area contributed by atoms with Gasteiger partial charge in [0.15, 0.2) is 5.78 Å². The van der Waals surface area contributed by atoms with Gasteiger partial charge in [-0.15, -0.1) is 0 Å². The van der Waals surface area contributed by atoms with E-state index in [1.807, 2.05) is 37.8 Å². The fourth-order valence-electron chi connectivity index (χ4n) is 2.99. The molecule has 142 valence electrons. The quantitative estimate of drug-likeness (QED) is 0.572. The second-order valence-corrected chi connectivity index (χ2v) is 6.78. The third kappa shape index (κ3) is 4.43. The summed E-state index contributed by atoms with van der Waals surface area (Å²) in [6.45, 7) is 12.4. The fourth-order valence-corrected chi connectivity index (χ4v) is 2.99. The van der Waals surface area contributed by atoms with Crippen LogP contribution in [0.5, 0.6) is 0 Å². The molecule has 0 aliphatic heterocycles. The van der Waals surface area contributed by atoms with E-state index in [0.717, 1.165) is 11.5 Å². The predicted molar refractivity (Wildman–Crippen MR) is 99.5 cm³/mol. The number of ketones is 1. The van der Waals surface area contributed by atoms with Crippen molar-refractivity contribution in [2.75, 3.05) is 13.2 Å². The molecule has 0 amide bonds. The molecule has 0 spiro atoms. The van der Waals surface area contributed by atoms with Gasteiger partial charge in [-0.1, -0.05) is 0 Å². The van der Waals surface area contributed by atoms with Crippen LogP contribution in [0.25, 0.3) is 0 Å². The van der Waals surface area contributed by atoms with E-state index in [1.54, 1.807) is 20.8 Å². The van der Waals surface area contributed by atoms with Gasteiger partial charge in [-0.05, 0) is 59.2 Å². The minimum atomic E-state index is -0.399. The Balaban J connectivity index is 2.19. The van der Waals surface area contributed by atoms with E-state index in [0.29, 0.717) is 35.7 Å². The van der Waals surface area contributed by atoms with Crippen LogP contribution < -0.4 is 0 Å². The molecule has 2 rings (SSSR count). The Bertz CT molecular complexity index is 786. The molecule has 2 aromatic rings. The molecule has 0 atom stereocenters. The molecule has 1 N–H and O–H groups in total. The number of esters is 1. The third-order valence-corrected chi connectivity index (χ3v) is 4.43. The van der Waals surface area contributed by atoms with Gasteiger partial charge in [-0.3, -0.25) is 9.69 Å². The first-order chi connectivity index (χ1) is 12.2.